The smallest absolute Gasteiger partial charge is 0.0314 e. The Hall–Kier alpha value is -3.00. The van der Waals surface area contributed by atoms with E-state index in [1.807, 2.05) is 24.3 Å². The van der Waals surface area contributed by atoms with Gasteiger partial charge >= 0.3 is 0 Å². The Morgan fingerprint density at radius 1 is 0.640 bits per heavy atom. The van der Waals surface area contributed by atoms with Crippen LogP contribution in [0.3, 0.4) is 0 Å². The monoisotopic (exact) mass is 326 g/mol. The van der Waals surface area contributed by atoms with Crippen molar-refractivity contribution in [1.82, 2.24) is 0 Å². The third-order valence-electron chi connectivity index (χ3n) is 5.10. The molecular weight excluding hydrogens is 304 g/mol. The van der Waals surface area contributed by atoms with Gasteiger partial charge in [0, 0.05) is 17.3 Å². The molecule has 25 heavy (non-hydrogen) atoms. The standard InChI is InChI=1S/C23H22N2/c24-19-10-6-16(7-11-19)21-14-15-22(17-8-12-20(25)13-9-17)23(21)18-4-2-1-3-5-18/h1-14,22-23H,15,24-25H2. The Morgan fingerprint density at radius 3 is 1.88 bits per heavy atom. The minimum absolute atomic E-state index is 0.341. The van der Waals surface area contributed by atoms with Crippen LogP contribution in [0.15, 0.2) is 84.9 Å². The highest BCUT2D eigenvalue weighted by Gasteiger charge is 2.32. The summed E-state index contributed by atoms with van der Waals surface area (Å²) in [5.74, 6) is 0.768. The molecule has 4 rings (SSSR count). The first-order valence-corrected chi connectivity index (χ1v) is 8.69. The average molecular weight is 326 g/mol. The molecule has 4 N–H and O–H groups in total. The van der Waals surface area contributed by atoms with Gasteiger partial charge < -0.3 is 11.5 Å². The van der Waals surface area contributed by atoms with Gasteiger partial charge in [-0.25, -0.2) is 0 Å². The molecule has 0 spiro atoms. The van der Waals surface area contributed by atoms with Crippen molar-refractivity contribution in [2.75, 3.05) is 11.5 Å². The van der Waals surface area contributed by atoms with Crippen molar-refractivity contribution in [2.45, 2.75) is 18.3 Å². The van der Waals surface area contributed by atoms with E-state index in [-0.39, 0.29) is 0 Å². The number of nitrogen functional groups attached to an aromatic ring is 2. The van der Waals surface area contributed by atoms with Crippen molar-refractivity contribution in [1.29, 1.82) is 0 Å². The minimum Gasteiger partial charge on any atom is -0.399 e. The van der Waals surface area contributed by atoms with Crippen molar-refractivity contribution in [3.63, 3.8) is 0 Å². The summed E-state index contributed by atoms with van der Waals surface area (Å²) in [5.41, 5.74) is 18.7. The molecule has 3 aromatic rings. The van der Waals surface area contributed by atoms with Gasteiger partial charge in [-0.05, 0) is 58.9 Å². The highest BCUT2D eigenvalue weighted by atomic mass is 14.5. The van der Waals surface area contributed by atoms with E-state index >= 15 is 0 Å². The van der Waals surface area contributed by atoms with E-state index in [0.717, 1.165) is 17.8 Å². The first-order valence-electron chi connectivity index (χ1n) is 8.69. The van der Waals surface area contributed by atoms with Crippen LogP contribution in [-0.4, -0.2) is 0 Å². The molecule has 0 fully saturated rings. The molecule has 124 valence electrons. The summed E-state index contributed by atoms with van der Waals surface area (Å²) in [5, 5.41) is 0. The zero-order valence-electron chi connectivity index (χ0n) is 14.1. The molecule has 3 aromatic carbocycles. The molecule has 0 radical (unpaired) electrons. The van der Waals surface area contributed by atoms with E-state index in [9.17, 15) is 0 Å². The van der Waals surface area contributed by atoms with Crippen LogP contribution in [0.5, 0.6) is 0 Å². The van der Waals surface area contributed by atoms with Crippen LogP contribution in [0.1, 0.15) is 34.9 Å². The van der Waals surface area contributed by atoms with Crippen molar-refractivity contribution < 1.29 is 0 Å². The fraction of sp³-hybridized carbons (Fsp3) is 0.130. The number of nitrogens with two attached hydrogens (primary N) is 2. The molecule has 1 aliphatic carbocycles. The topological polar surface area (TPSA) is 52.0 Å². The SMILES string of the molecule is Nc1ccc(C2=CCC(c3ccc(N)cc3)C2c2ccccc2)cc1. The number of benzene rings is 3. The fourth-order valence-electron chi connectivity index (χ4n) is 3.85. The van der Waals surface area contributed by atoms with Crippen LogP contribution >= 0.6 is 0 Å². The maximum atomic E-state index is 5.88. The molecule has 2 unspecified atom stereocenters. The van der Waals surface area contributed by atoms with Crippen molar-refractivity contribution in [2.24, 2.45) is 0 Å². The fourth-order valence-corrected chi connectivity index (χ4v) is 3.85. The molecule has 2 heteroatoms. The lowest BCUT2D eigenvalue weighted by Gasteiger charge is -2.24. The van der Waals surface area contributed by atoms with Gasteiger partial charge in [0.15, 0.2) is 0 Å². The summed E-state index contributed by atoms with van der Waals surface area (Å²) in [6.07, 6.45) is 3.41. The molecule has 2 nitrogen and oxygen atoms in total. The van der Waals surface area contributed by atoms with Crippen LogP contribution in [0.4, 0.5) is 11.4 Å². The molecular formula is C23H22N2. The first kappa shape index (κ1) is 15.5. The molecule has 0 bridgehead atoms. The molecule has 0 saturated carbocycles. The van der Waals surface area contributed by atoms with Gasteiger partial charge in [0.25, 0.3) is 0 Å². The summed E-state index contributed by atoms with van der Waals surface area (Å²) in [4.78, 5) is 0. The highest BCUT2D eigenvalue weighted by molar-refractivity contribution is 5.76. The van der Waals surface area contributed by atoms with Gasteiger partial charge in [-0.15, -0.1) is 0 Å². The van der Waals surface area contributed by atoms with Crippen molar-refractivity contribution in [3.8, 4) is 0 Å². The van der Waals surface area contributed by atoms with Crippen LogP contribution in [0.2, 0.25) is 0 Å². The molecule has 1 aliphatic rings. The number of rotatable bonds is 3. The normalized spacial score (nSPS) is 19.6. The maximum Gasteiger partial charge on any atom is 0.0314 e. The Labute approximate surface area is 148 Å². The lowest BCUT2D eigenvalue weighted by Crippen LogP contribution is -2.08. The van der Waals surface area contributed by atoms with Gasteiger partial charge in [-0.2, -0.15) is 0 Å². The van der Waals surface area contributed by atoms with Crippen LogP contribution in [-0.2, 0) is 0 Å². The van der Waals surface area contributed by atoms with Crippen LogP contribution < -0.4 is 11.5 Å². The van der Waals surface area contributed by atoms with Gasteiger partial charge in [0.1, 0.15) is 0 Å². The van der Waals surface area contributed by atoms with Gasteiger partial charge in [-0.3, -0.25) is 0 Å². The Bertz CT molecular complexity index is 878. The van der Waals surface area contributed by atoms with E-state index < -0.39 is 0 Å². The Kier molecular flexibility index (Phi) is 4.02. The third-order valence-corrected chi connectivity index (χ3v) is 5.10. The number of hydrogen-bond acceptors (Lipinski definition) is 2. The summed E-state index contributed by atoms with van der Waals surface area (Å²) in [6, 6.07) is 27.3. The molecule has 0 aliphatic heterocycles. The van der Waals surface area contributed by atoms with Gasteiger partial charge in [-0.1, -0.05) is 60.7 Å². The summed E-state index contributed by atoms with van der Waals surface area (Å²) < 4.78 is 0. The second-order valence-corrected chi connectivity index (χ2v) is 6.68. The lowest BCUT2D eigenvalue weighted by atomic mass is 9.79. The molecule has 2 atom stereocenters. The predicted octanol–water partition coefficient (Wildman–Crippen LogP) is 5.21. The second-order valence-electron chi connectivity index (χ2n) is 6.68. The quantitative estimate of drug-likeness (QED) is 0.649. The summed E-state index contributed by atoms with van der Waals surface area (Å²) in [6.45, 7) is 0. The Balaban J connectivity index is 1.77. The molecule has 0 heterocycles. The lowest BCUT2D eigenvalue weighted by molar-refractivity contribution is 0.673. The van der Waals surface area contributed by atoms with E-state index in [4.69, 9.17) is 11.5 Å². The number of hydrogen-bond donors (Lipinski definition) is 2. The summed E-state index contributed by atoms with van der Waals surface area (Å²) >= 11 is 0. The van der Waals surface area contributed by atoms with E-state index in [2.05, 4.69) is 60.7 Å². The zero-order valence-corrected chi connectivity index (χ0v) is 14.1. The zero-order chi connectivity index (χ0) is 17.2. The number of anilines is 2. The average Bonchev–Trinajstić information content (AvgIpc) is 3.09. The summed E-state index contributed by atoms with van der Waals surface area (Å²) in [7, 11) is 0. The first-order chi connectivity index (χ1) is 12.2. The van der Waals surface area contributed by atoms with E-state index in [1.54, 1.807) is 0 Å². The largest absolute Gasteiger partial charge is 0.399 e. The van der Waals surface area contributed by atoms with Crippen molar-refractivity contribution in [3.05, 3.63) is 102 Å². The van der Waals surface area contributed by atoms with Crippen LogP contribution in [0, 0.1) is 0 Å². The maximum absolute atomic E-state index is 5.88. The third kappa shape index (κ3) is 3.03. The minimum atomic E-state index is 0.341. The Morgan fingerprint density at radius 2 is 1.24 bits per heavy atom. The van der Waals surface area contributed by atoms with Gasteiger partial charge in [0.05, 0.1) is 0 Å². The molecule has 0 aromatic heterocycles. The van der Waals surface area contributed by atoms with Crippen LogP contribution in [0.25, 0.3) is 5.57 Å². The van der Waals surface area contributed by atoms with E-state index in [1.165, 1.54) is 22.3 Å². The predicted molar refractivity (Wildman–Crippen MR) is 106 cm³/mol. The molecule has 0 saturated heterocycles. The van der Waals surface area contributed by atoms with E-state index in [0.29, 0.717) is 11.8 Å². The second kappa shape index (κ2) is 6.48. The van der Waals surface area contributed by atoms with Crippen molar-refractivity contribution >= 4 is 16.9 Å². The number of allylic oxidation sites excluding steroid dienone is 2. The molecule has 0 amide bonds. The highest BCUT2D eigenvalue weighted by Crippen LogP contribution is 2.50. The van der Waals surface area contributed by atoms with Gasteiger partial charge in [0.2, 0.25) is 0 Å².